The third-order valence-electron chi connectivity index (χ3n) is 3.99. The first-order valence-corrected chi connectivity index (χ1v) is 10.3. The van der Waals surface area contributed by atoms with E-state index in [1.165, 1.54) is 69.8 Å². The Hall–Kier alpha value is 0.180. The van der Waals surface area contributed by atoms with E-state index in [9.17, 15) is 0 Å². The smallest absolute Gasteiger partial charge is 0.0186 e. The quantitative estimate of drug-likeness (QED) is 0.241. The van der Waals surface area contributed by atoms with Crippen molar-refractivity contribution >= 4 is 31.9 Å². The van der Waals surface area contributed by atoms with Crippen molar-refractivity contribution in [2.45, 2.75) is 82.4 Å². The van der Waals surface area contributed by atoms with E-state index < -0.39 is 0 Å². The second-order valence-electron chi connectivity index (χ2n) is 6.04. The molecule has 2 heteroatoms. The van der Waals surface area contributed by atoms with Crippen molar-refractivity contribution in [3.63, 3.8) is 0 Å². The van der Waals surface area contributed by atoms with Crippen molar-refractivity contribution in [1.82, 2.24) is 0 Å². The first-order chi connectivity index (χ1) is 10.2. The third kappa shape index (κ3) is 10.5. The van der Waals surface area contributed by atoms with Gasteiger partial charge in [0.1, 0.15) is 0 Å². The molecule has 0 spiro atoms. The van der Waals surface area contributed by atoms with Crippen LogP contribution in [0, 0.1) is 0 Å². The molecular weight excluding hydrogens is 388 g/mol. The largest absolute Gasteiger partial charge is 0.0887 e. The van der Waals surface area contributed by atoms with E-state index in [4.69, 9.17) is 0 Å². The van der Waals surface area contributed by atoms with E-state index in [2.05, 4.69) is 63.0 Å². The van der Waals surface area contributed by atoms with Gasteiger partial charge < -0.3 is 0 Å². The zero-order valence-corrected chi connectivity index (χ0v) is 16.6. The molecule has 0 aliphatic heterocycles. The number of hydrogen-bond acceptors (Lipinski definition) is 0. The lowest BCUT2D eigenvalue weighted by molar-refractivity contribution is 0.553. The molecule has 0 N–H and O–H groups in total. The highest BCUT2D eigenvalue weighted by molar-refractivity contribution is 9.10. The van der Waals surface area contributed by atoms with E-state index in [0.717, 1.165) is 10.9 Å². The van der Waals surface area contributed by atoms with Crippen molar-refractivity contribution in [3.05, 3.63) is 34.3 Å². The van der Waals surface area contributed by atoms with Gasteiger partial charge in [-0.1, -0.05) is 109 Å². The summed E-state index contributed by atoms with van der Waals surface area (Å²) in [7, 11) is 0. The minimum atomic E-state index is 0.628. The Morgan fingerprint density at radius 2 is 1.33 bits per heavy atom. The van der Waals surface area contributed by atoms with Crippen LogP contribution in [-0.4, -0.2) is 4.83 Å². The first-order valence-electron chi connectivity index (χ1n) is 8.61. The van der Waals surface area contributed by atoms with E-state index in [1.807, 2.05) is 0 Å². The van der Waals surface area contributed by atoms with Gasteiger partial charge in [0, 0.05) is 9.30 Å². The molecule has 0 bridgehead atoms. The molecular formula is C19H30Br2. The molecule has 0 saturated carbocycles. The van der Waals surface area contributed by atoms with Crippen LogP contribution in [0.25, 0.3) is 0 Å². The lowest BCUT2D eigenvalue weighted by atomic mass is 10.0. The number of rotatable bonds is 12. The van der Waals surface area contributed by atoms with Crippen molar-refractivity contribution in [2.24, 2.45) is 0 Å². The predicted octanol–water partition coefficient (Wildman–Crippen LogP) is 7.68. The fourth-order valence-electron chi connectivity index (χ4n) is 2.65. The maximum Gasteiger partial charge on any atom is 0.0186 e. The van der Waals surface area contributed by atoms with Gasteiger partial charge in [-0.05, 0) is 30.5 Å². The fraction of sp³-hybridized carbons (Fsp3) is 0.684. The van der Waals surface area contributed by atoms with Crippen LogP contribution >= 0.6 is 31.9 Å². The third-order valence-corrected chi connectivity index (χ3v) is 5.30. The highest BCUT2D eigenvalue weighted by Crippen LogP contribution is 2.19. The Morgan fingerprint density at radius 3 is 1.90 bits per heavy atom. The van der Waals surface area contributed by atoms with Crippen molar-refractivity contribution in [2.75, 3.05) is 0 Å². The second-order valence-corrected chi connectivity index (χ2v) is 8.26. The van der Waals surface area contributed by atoms with Crippen molar-refractivity contribution < 1.29 is 0 Å². The monoisotopic (exact) mass is 416 g/mol. The number of hydrogen-bond donors (Lipinski definition) is 0. The predicted molar refractivity (Wildman–Crippen MR) is 102 cm³/mol. The van der Waals surface area contributed by atoms with Gasteiger partial charge in [-0.3, -0.25) is 0 Å². The van der Waals surface area contributed by atoms with Crippen LogP contribution < -0.4 is 0 Å². The van der Waals surface area contributed by atoms with Gasteiger partial charge in [0.2, 0.25) is 0 Å². The Morgan fingerprint density at radius 1 is 0.810 bits per heavy atom. The number of unbranched alkanes of at least 4 members (excludes halogenated alkanes) is 8. The molecule has 0 radical (unpaired) electrons. The minimum absolute atomic E-state index is 0.628. The van der Waals surface area contributed by atoms with E-state index in [-0.39, 0.29) is 0 Å². The number of benzene rings is 1. The molecule has 0 nitrogen and oxygen atoms in total. The van der Waals surface area contributed by atoms with Gasteiger partial charge in [-0.2, -0.15) is 0 Å². The average molecular weight is 418 g/mol. The van der Waals surface area contributed by atoms with Gasteiger partial charge in [-0.25, -0.2) is 0 Å². The molecule has 120 valence electrons. The van der Waals surface area contributed by atoms with Crippen molar-refractivity contribution in [1.29, 1.82) is 0 Å². The molecule has 1 aromatic carbocycles. The lowest BCUT2D eigenvalue weighted by Crippen LogP contribution is -2.02. The number of alkyl halides is 1. The molecule has 1 unspecified atom stereocenters. The molecule has 0 aromatic heterocycles. The Kier molecular flexibility index (Phi) is 11.6. The Labute approximate surface area is 148 Å². The molecule has 0 aliphatic rings. The van der Waals surface area contributed by atoms with E-state index >= 15 is 0 Å². The summed E-state index contributed by atoms with van der Waals surface area (Å²) < 4.78 is 1.16. The van der Waals surface area contributed by atoms with Gasteiger partial charge in [0.15, 0.2) is 0 Å². The average Bonchev–Trinajstić information content (AvgIpc) is 2.48. The van der Waals surface area contributed by atoms with Gasteiger partial charge in [-0.15, -0.1) is 0 Å². The van der Waals surface area contributed by atoms with Crippen LogP contribution in [0.2, 0.25) is 0 Å². The molecule has 21 heavy (non-hydrogen) atoms. The maximum absolute atomic E-state index is 3.83. The molecule has 0 amide bonds. The Balaban J connectivity index is 1.96. The fourth-order valence-corrected chi connectivity index (χ4v) is 3.62. The topological polar surface area (TPSA) is 0 Å². The highest BCUT2D eigenvalue weighted by atomic mass is 79.9. The SMILES string of the molecule is CCCCCCCCCCCC(Br)Cc1ccc(Br)cc1. The summed E-state index contributed by atoms with van der Waals surface area (Å²) >= 11 is 7.32. The molecule has 0 aliphatic carbocycles. The van der Waals surface area contributed by atoms with Crippen LogP contribution in [-0.2, 0) is 6.42 Å². The molecule has 0 heterocycles. The first kappa shape index (κ1) is 19.2. The standard InChI is InChI=1S/C19H30Br2/c1-2-3-4-5-6-7-8-9-10-11-19(21)16-17-12-14-18(20)15-13-17/h12-15,19H,2-11,16H2,1H3. The van der Waals surface area contributed by atoms with Crippen molar-refractivity contribution in [3.8, 4) is 0 Å². The lowest BCUT2D eigenvalue weighted by Gasteiger charge is -2.10. The summed E-state index contributed by atoms with van der Waals surface area (Å²) in [6.07, 6.45) is 15.1. The molecule has 1 aromatic rings. The van der Waals surface area contributed by atoms with Crippen LogP contribution in [0.4, 0.5) is 0 Å². The van der Waals surface area contributed by atoms with Crippen LogP contribution in [0.15, 0.2) is 28.7 Å². The van der Waals surface area contributed by atoms with E-state index in [1.54, 1.807) is 0 Å². The zero-order valence-electron chi connectivity index (χ0n) is 13.4. The van der Waals surface area contributed by atoms with Crippen LogP contribution in [0.5, 0.6) is 0 Å². The van der Waals surface area contributed by atoms with Gasteiger partial charge in [0.05, 0.1) is 0 Å². The van der Waals surface area contributed by atoms with Gasteiger partial charge in [0.25, 0.3) is 0 Å². The van der Waals surface area contributed by atoms with Crippen LogP contribution in [0.3, 0.4) is 0 Å². The molecule has 1 atom stereocenters. The summed E-state index contributed by atoms with van der Waals surface area (Å²) in [4.78, 5) is 0.628. The molecule has 1 rings (SSSR count). The minimum Gasteiger partial charge on any atom is -0.0887 e. The van der Waals surface area contributed by atoms with Gasteiger partial charge >= 0.3 is 0 Å². The maximum atomic E-state index is 3.83. The normalized spacial score (nSPS) is 12.5. The van der Waals surface area contributed by atoms with Crippen LogP contribution in [0.1, 0.15) is 76.7 Å². The highest BCUT2D eigenvalue weighted by Gasteiger charge is 2.05. The zero-order chi connectivity index (χ0) is 15.3. The summed E-state index contributed by atoms with van der Waals surface area (Å²) in [5.41, 5.74) is 1.43. The summed E-state index contributed by atoms with van der Waals surface area (Å²) in [6, 6.07) is 8.70. The molecule has 0 saturated heterocycles. The van der Waals surface area contributed by atoms with E-state index in [0.29, 0.717) is 4.83 Å². The summed E-state index contributed by atoms with van der Waals surface area (Å²) in [5, 5.41) is 0. The second kappa shape index (κ2) is 12.7. The summed E-state index contributed by atoms with van der Waals surface area (Å²) in [6.45, 7) is 2.28. The Bertz CT molecular complexity index is 345. The molecule has 0 fully saturated rings. The number of halogens is 2. The summed E-state index contributed by atoms with van der Waals surface area (Å²) in [5.74, 6) is 0.